The van der Waals surface area contributed by atoms with Crippen molar-refractivity contribution in [2.75, 3.05) is 29.9 Å². The van der Waals surface area contributed by atoms with Gasteiger partial charge in [-0.25, -0.2) is 0 Å². The number of nitrogens with zero attached hydrogens (tertiary/aromatic N) is 1. The van der Waals surface area contributed by atoms with Gasteiger partial charge in [0, 0.05) is 49.0 Å². The lowest BCUT2D eigenvalue weighted by atomic mass is 9.99. The second kappa shape index (κ2) is 14.9. The summed E-state index contributed by atoms with van der Waals surface area (Å²) >= 11 is 0. The Morgan fingerprint density at radius 1 is 1.08 bits per heavy atom. The molecule has 1 saturated heterocycles. The smallest absolute Gasteiger partial charge is 0.251 e. The van der Waals surface area contributed by atoms with Crippen LogP contribution in [0, 0.1) is 5.92 Å². The Morgan fingerprint density at radius 2 is 1.84 bits per heavy atom. The van der Waals surface area contributed by atoms with Gasteiger partial charge in [0.15, 0.2) is 0 Å². The summed E-state index contributed by atoms with van der Waals surface area (Å²) in [5.41, 5.74) is 3.05. The summed E-state index contributed by atoms with van der Waals surface area (Å²) in [6, 6.07) is 15.2. The number of carbonyl (C=O) groups excluding carboxylic acids is 2. The summed E-state index contributed by atoms with van der Waals surface area (Å²) in [6.45, 7) is 10.4. The van der Waals surface area contributed by atoms with E-state index in [9.17, 15) is 14.7 Å². The number of nitrogens with one attached hydrogen (secondary N) is 3. The molecule has 7 heteroatoms. The average Bonchev–Trinajstić information content (AvgIpc) is 3.33. The van der Waals surface area contributed by atoms with Crippen molar-refractivity contribution in [3.05, 3.63) is 59.7 Å². The van der Waals surface area contributed by atoms with E-state index in [1.165, 1.54) is 6.42 Å². The van der Waals surface area contributed by atoms with Crippen LogP contribution in [0.5, 0.6) is 0 Å². The molecular formula is C31H46N4O3. The van der Waals surface area contributed by atoms with Crippen molar-refractivity contribution >= 4 is 23.2 Å². The van der Waals surface area contributed by atoms with Crippen molar-refractivity contribution < 1.29 is 14.7 Å². The van der Waals surface area contributed by atoms with Gasteiger partial charge in [0.2, 0.25) is 5.91 Å². The molecule has 0 spiro atoms. The van der Waals surface area contributed by atoms with E-state index in [2.05, 4.69) is 36.7 Å². The lowest BCUT2D eigenvalue weighted by Gasteiger charge is -2.27. The Kier molecular flexibility index (Phi) is 11.6. The molecule has 1 fully saturated rings. The summed E-state index contributed by atoms with van der Waals surface area (Å²) in [5, 5.41) is 21.0. The second-order valence-corrected chi connectivity index (χ2v) is 10.9. The largest absolute Gasteiger partial charge is 0.390 e. The Balaban J connectivity index is 1.74. The number of carbonyl (C=O) groups is 2. The molecule has 2 aromatic rings. The van der Waals surface area contributed by atoms with Gasteiger partial charge in [-0.05, 0) is 62.8 Å². The quantitative estimate of drug-likeness (QED) is 0.271. The van der Waals surface area contributed by atoms with E-state index in [4.69, 9.17) is 0 Å². The minimum Gasteiger partial charge on any atom is -0.390 e. The number of rotatable bonds is 15. The minimum atomic E-state index is -0.761. The van der Waals surface area contributed by atoms with Gasteiger partial charge in [-0.3, -0.25) is 9.59 Å². The standard InChI is InChI=1S/C31H46N4O3/c1-5-32-26-18-25(19-27(20-26)35-16-10-15-30(35)37)31(38)34-28(17-24-13-7-6-8-14-24)29(36)21-33-23(4)12-9-11-22(2)3/h6-8,13-14,18-20,22-23,28-29,32-33,36H,5,9-12,15-17,21H2,1-4H3,(H,34,38)/t23-,28?,29+/m0/s1. The highest BCUT2D eigenvalue weighted by molar-refractivity contribution is 6.00. The molecule has 2 amide bonds. The van der Waals surface area contributed by atoms with Gasteiger partial charge in [0.05, 0.1) is 12.1 Å². The maximum atomic E-state index is 13.5. The van der Waals surface area contributed by atoms with E-state index in [0.717, 1.165) is 36.2 Å². The number of amides is 2. The third kappa shape index (κ3) is 9.14. The van der Waals surface area contributed by atoms with E-state index >= 15 is 0 Å². The third-order valence-corrected chi connectivity index (χ3v) is 7.12. The molecule has 1 heterocycles. The number of hydrogen-bond donors (Lipinski definition) is 4. The molecule has 0 aliphatic carbocycles. The summed E-state index contributed by atoms with van der Waals surface area (Å²) in [6.07, 6.45) is 4.50. The first-order chi connectivity index (χ1) is 18.3. The van der Waals surface area contributed by atoms with Crippen molar-refractivity contribution in [3.8, 4) is 0 Å². The fraction of sp³-hybridized carbons (Fsp3) is 0.548. The molecule has 4 N–H and O–H groups in total. The van der Waals surface area contributed by atoms with Crippen LogP contribution in [0.1, 0.15) is 75.7 Å². The lowest BCUT2D eigenvalue weighted by molar-refractivity contribution is -0.117. The van der Waals surface area contributed by atoms with Crippen LogP contribution in [0.4, 0.5) is 11.4 Å². The predicted octanol–water partition coefficient (Wildman–Crippen LogP) is 4.75. The van der Waals surface area contributed by atoms with Crippen LogP contribution in [0.3, 0.4) is 0 Å². The number of anilines is 2. The van der Waals surface area contributed by atoms with Crippen LogP contribution in [0.2, 0.25) is 0 Å². The highest BCUT2D eigenvalue weighted by Gasteiger charge is 2.26. The maximum absolute atomic E-state index is 13.5. The Labute approximate surface area is 228 Å². The highest BCUT2D eigenvalue weighted by atomic mass is 16.3. The van der Waals surface area contributed by atoms with Crippen LogP contribution in [-0.2, 0) is 11.2 Å². The maximum Gasteiger partial charge on any atom is 0.251 e. The van der Waals surface area contributed by atoms with Gasteiger partial charge >= 0.3 is 0 Å². The molecule has 1 unspecified atom stereocenters. The number of aliphatic hydroxyl groups is 1. The van der Waals surface area contributed by atoms with E-state index in [1.54, 1.807) is 11.0 Å². The van der Waals surface area contributed by atoms with Gasteiger partial charge < -0.3 is 26.0 Å². The first kappa shape index (κ1) is 29.7. The molecule has 0 aromatic heterocycles. The Morgan fingerprint density at radius 3 is 2.50 bits per heavy atom. The highest BCUT2D eigenvalue weighted by Crippen LogP contribution is 2.27. The average molecular weight is 523 g/mol. The van der Waals surface area contributed by atoms with Crippen molar-refractivity contribution in [3.63, 3.8) is 0 Å². The predicted molar refractivity (Wildman–Crippen MR) is 156 cm³/mol. The number of aliphatic hydroxyl groups excluding tert-OH is 1. The monoisotopic (exact) mass is 522 g/mol. The number of benzene rings is 2. The Hall–Kier alpha value is -2.90. The molecule has 0 bridgehead atoms. The van der Waals surface area contributed by atoms with Gasteiger partial charge in [0.25, 0.3) is 5.91 Å². The third-order valence-electron chi connectivity index (χ3n) is 7.12. The molecular weight excluding hydrogens is 476 g/mol. The molecule has 0 saturated carbocycles. The molecule has 3 atom stereocenters. The molecule has 2 aromatic carbocycles. The van der Waals surface area contributed by atoms with Crippen molar-refractivity contribution in [1.29, 1.82) is 0 Å². The van der Waals surface area contributed by atoms with Gasteiger partial charge in [-0.15, -0.1) is 0 Å². The fourth-order valence-corrected chi connectivity index (χ4v) is 4.93. The van der Waals surface area contributed by atoms with Crippen LogP contribution in [0.15, 0.2) is 48.5 Å². The fourth-order valence-electron chi connectivity index (χ4n) is 4.93. The summed E-state index contributed by atoms with van der Waals surface area (Å²) in [4.78, 5) is 27.7. The zero-order valence-electron chi connectivity index (χ0n) is 23.5. The first-order valence-electron chi connectivity index (χ1n) is 14.2. The van der Waals surface area contributed by atoms with Crippen LogP contribution < -0.4 is 20.9 Å². The van der Waals surface area contributed by atoms with Gasteiger partial charge in [0.1, 0.15) is 0 Å². The van der Waals surface area contributed by atoms with Crippen molar-refractivity contribution in [1.82, 2.24) is 10.6 Å². The summed E-state index contributed by atoms with van der Waals surface area (Å²) < 4.78 is 0. The molecule has 1 aliphatic rings. The molecule has 208 valence electrons. The summed E-state index contributed by atoms with van der Waals surface area (Å²) in [5.74, 6) is 0.506. The molecule has 3 rings (SSSR count). The molecule has 7 nitrogen and oxygen atoms in total. The topological polar surface area (TPSA) is 93.7 Å². The number of hydrogen-bond acceptors (Lipinski definition) is 5. The van der Waals surface area contributed by atoms with Crippen LogP contribution in [0.25, 0.3) is 0 Å². The van der Waals surface area contributed by atoms with E-state index in [0.29, 0.717) is 44.0 Å². The van der Waals surface area contributed by atoms with Gasteiger partial charge in [-0.2, -0.15) is 0 Å². The van der Waals surface area contributed by atoms with E-state index in [1.807, 2.05) is 49.4 Å². The molecule has 1 aliphatic heterocycles. The second-order valence-electron chi connectivity index (χ2n) is 10.9. The van der Waals surface area contributed by atoms with E-state index in [-0.39, 0.29) is 17.9 Å². The Bertz CT molecular complexity index is 1030. The van der Waals surface area contributed by atoms with E-state index < -0.39 is 12.1 Å². The van der Waals surface area contributed by atoms with Crippen molar-refractivity contribution in [2.45, 2.75) is 84.4 Å². The normalized spacial score (nSPS) is 15.9. The van der Waals surface area contributed by atoms with Crippen molar-refractivity contribution in [2.24, 2.45) is 5.92 Å². The first-order valence-corrected chi connectivity index (χ1v) is 14.2. The molecule has 38 heavy (non-hydrogen) atoms. The SMILES string of the molecule is CCNc1cc(C(=O)NC(Cc2ccccc2)[C@H](O)CN[C@@H](C)CCCC(C)C)cc(N2CCCC2=O)c1. The lowest BCUT2D eigenvalue weighted by Crippen LogP contribution is -2.49. The van der Waals surface area contributed by atoms with Gasteiger partial charge in [-0.1, -0.05) is 57.0 Å². The van der Waals surface area contributed by atoms with Crippen LogP contribution in [-0.4, -0.2) is 54.7 Å². The minimum absolute atomic E-state index is 0.0796. The molecule has 0 radical (unpaired) electrons. The zero-order chi connectivity index (χ0) is 27.5. The van der Waals surface area contributed by atoms with Crippen LogP contribution >= 0.6 is 0 Å². The zero-order valence-corrected chi connectivity index (χ0v) is 23.5. The summed E-state index contributed by atoms with van der Waals surface area (Å²) in [7, 11) is 0.